The van der Waals surface area contributed by atoms with Crippen LogP contribution in [0.4, 0.5) is 0 Å². The van der Waals surface area contributed by atoms with Crippen LogP contribution >= 0.6 is 23.4 Å². The van der Waals surface area contributed by atoms with Gasteiger partial charge in [-0.2, -0.15) is 8.42 Å². The van der Waals surface area contributed by atoms with Crippen molar-refractivity contribution >= 4 is 50.5 Å². The van der Waals surface area contributed by atoms with Crippen molar-refractivity contribution in [2.24, 2.45) is 4.40 Å². The fourth-order valence-corrected chi connectivity index (χ4v) is 5.06. The fraction of sp³-hybridized carbons (Fsp3) is 0.200. The van der Waals surface area contributed by atoms with Crippen molar-refractivity contribution in [2.75, 3.05) is 20.8 Å². The number of sulfonamides is 1. The fourth-order valence-electron chi connectivity index (χ4n) is 2.70. The Labute approximate surface area is 184 Å². The van der Waals surface area contributed by atoms with E-state index in [0.29, 0.717) is 27.0 Å². The molecular formula is C20H19ClN2O5S2. The summed E-state index contributed by atoms with van der Waals surface area (Å²) in [6, 6.07) is 10.9. The van der Waals surface area contributed by atoms with Crippen molar-refractivity contribution in [1.29, 1.82) is 0 Å². The molecule has 0 bridgehead atoms. The molecule has 2 aromatic carbocycles. The van der Waals surface area contributed by atoms with Crippen molar-refractivity contribution in [2.45, 2.75) is 11.8 Å². The van der Waals surface area contributed by atoms with Gasteiger partial charge < -0.3 is 9.47 Å². The summed E-state index contributed by atoms with van der Waals surface area (Å²) in [5, 5.41) is 0.511. The standard InChI is InChI=1S/C20H19ClN2O5S2/c1-4-23-19(24)18(11-13-5-8-15(27-2)12-17(13)28-3)29-20(23)22-30(25,26)16-9-6-14(21)7-10-16/h5-12H,4H2,1-3H3/b18-11-,22-20+. The molecule has 1 aliphatic rings. The zero-order valence-electron chi connectivity index (χ0n) is 16.5. The van der Waals surface area contributed by atoms with Gasteiger partial charge in [0, 0.05) is 23.2 Å². The van der Waals surface area contributed by atoms with Gasteiger partial charge in [-0.15, -0.1) is 4.40 Å². The molecule has 1 aliphatic heterocycles. The van der Waals surface area contributed by atoms with Gasteiger partial charge in [0.15, 0.2) is 5.17 Å². The van der Waals surface area contributed by atoms with E-state index in [1.807, 2.05) is 0 Å². The summed E-state index contributed by atoms with van der Waals surface area (Å²) in [5.74, 6) is 0.814. The van der Waals surface area contributed by atoms with E-state index in [0.717, 1.165) is 11.8 Å². The molecule has 0 aliphatic carbocycles. The van der Waals surface area contributed by atoms with Gasteiger partial charge in [-0.3, -0.25) is 9.69 Å². The smallest absolute Gasteiger partial charge is 0.284 e. The van der Waals surface area contributed by atoms with Gasteiger partial charge in [-0.25, -0.2) is 0 Å². The molecule has 0 saturated carbocycles. The number of amidine groups is 1. The number of likely N-dealkylation sites (N-methyl/N-ethyl adjacent to an activating group) is 1. The summed E-state index contributed by atoms with van der Waals surface area (Å²) >= 11 is 6.82. The molecule has 1 heterocycles. The Hall–Kier alpha value is -2.49. The predicted octanol–water partition coefficient (Wildman–Crippen LogP) is 4.04. The molecule has 1 amide bonds. The number of carbonyl (C=O) groups excluding carboxylic acids is 1. The van der Waals surface area contributed by atoms with Gasteiger partial charge in [0.2, 0.25) is 0 Å². The second-order valence-electron chi connectivity index (χ2n) is 6.07. The van der Waals surface area contributed by atoms with Gasteiger partial charge >= 0.3 is 0 Å². The summed E-state index contributed by atoms with van der Waals surface area (Å²) in [6.45, 7) is 2.03. The van der Waals surface area contributed by atoms with Crippen molar-refractivity contribution in [3.63, 3.8) is 0 Å². The maximum Gasteiger partial charge on any atom is 0.284 e. The van der Waals surface area contributed by atoms with E-state index in [9.17, 15) is 13.2 Å². The van der Waals surface area contributed by atoms with Crippen LogP contribution in [-0.2, 0) is 14.8 Å². The van der Waals surface area contributed by atoms with E-state index in [-0.39, 0.29) is 22.5 Å². The van der Waals surface area contributed by atoms with E-state index >= 15 is 0 Å². The van der Waals surface area contributed by atoms with Crippen molar-refractivity contribution < 1.29 is 22.7 Å². The zero-order chi connectivity index (χ0) is 21.9. The van der Waals surface area contributed by atoms with Gasteiger partial charge in [0.25, 0.3) is 15.9 Å². The molecule has 0 radical (unpaired) electrons. The number of carbonyl (C=O) groups is 1. The maximum absolute atomic E-state index is 12.8. The first-order valence-electron chi connectivity index (χ1n) is 8.83. The van der Waals surface area contributed by atoms with E-state index in [1.165, 1.54) is 36.3 Å². The maximum atomic E-state index is 12.8. The minimum absolute atomic E-state index is 0.00208. The van der Waals surface area contributed by atoms with Gasteiger partial charge in [0.05, 0.1) is 24.0 Å². The van der Waals surface area contributed by atoms with E-state index < -0.39 is 10.0 Å². The molecule has 1 fully saturated rings. The average Bonchev–Trinajstić information content (AvgIpc) is 3.01. The van der Waals surface area contributed by atoms with Crippen LogP contribution in [0.2, 0.25) is 5.02 Å². The van der Waals surface area contributed by atoms with Crippen LogP contribution in [0, 0.1) is 0 Å². The SMILES string of the molecule is CCN1C(=O)/C(=C/c2ccc(OC)cc2OC)S/C1=N/S(=O)(=O)c1ccc(Cl)cc1. The number of amides is 1. The quantitative estimate of drug-likeness (QED) is 0.597. The molecule has 0 atom stereocenters. The number of thioether (sulfide) groups is 1. The normalized spacial score (nSPS) is 17.1. The van der Waals surface area contributed by atoms with Crippen LogP contribution in [0.15, 0.2) is 56.7 Å². The number of methoxy groups -OCH3 is 2. The highest BCUT2D eigenvalue weighted by atomic mass is 35.5. The Bertz CT molecular complexity index is 1130. The van der Waals surface area contributed by atoms with Crippen LogP contribution in [-0.4, -0.2) is 45.2 Å². The molecule has 2 aromatic rings. The number of nitrogens with zero attached hydrogens (tertiary/aromatic N) is 2. The largest absolute Gasteiger partial charge is 0.497 e. The average molecular weight is 467 g/mol. The second-order valence-corrected chi connectivity index (χ2v) is 9.12. The molecule has 3 rings (SSSR count). The Morgan fingerprint density at radius 2 is 1.83 bits per heavy atom. The third-order valence-corrected chi connectivity index (χ3v) is 6.90. The number of ether oxygens (including phenoxy) is 2. The number of rotatable bonds is 6. The lowest BCUT2D eigenvalue weighted by atomic mass is 10.1. The van der Waals surface area contributed by atoms with Crippen molar-refractivity contribution in [1.82, 2.24) is 4.90 Å². The molecular weight excluding hydrogens is 448 g/mol. The molecule has 0 spiro atoms. The van der Waals surface area contributed by atoms with Gasteiger partial charge in [-0.05, 0) is 61.2 Å². The lowest BCUT2D eigenvalue weighted by molar-refractivity contribution is -0.122. The first-order valence-corrected chi connectivity index (χ1v) is 11.5. The highest BCUT2D eigenvalue weighted by Gasteiger charge is 2.34. The lowest BCUT2D eigenvalue weighted by Crippen LogP contribution is -2.29. The minimum atomic E-state index is -4.00. The summed E-state index contributed by atoms with van der Waals surface area (Å²) in [5.41, 5.74) is 0.659. The Morgan fingerprint density at radius 1 is 1.13 bits per heavy atom. The molecule has 30 heavy (non-hydrogen) atoms. The molecule has 0 N–H and O–H groups in total. The highest BCUT2D eigenvalue weighted by Crippen LogP contribution is 2.36. The molecule has 10 heteroatoms. The topological polar surface area (TPSA) is 85.3 Å². The number of halogens is 1. The molecule has 7 nitrogen and oxygen atoms in total. The van der Waals surface area contributed by atoms with Crippen LogP contribution < -0.4 is 9.47 Å². The molecule has 158 valence electrons. The third kappa shape index (κ3) is 4.63. The van der Waals surface area contributed by atoms with Crippen LogP contribution in [0.1, 0.15) is 12.5 Å². The van der Waals surface area contributed by atoms with E-state index in [4.69, 9.17) is 21.1 Å². The Kier molecular flexibility index (Phi) is 6.74. The number of benzene rings is 2. The van der Waals surface area contributed by atoms with Crippen LogP contribution in [0.5, 0.6) is 11.5 Å². The zero-order valence-corrected chi connectivity index (χ0v) is 18.8. The number of hydrogen-bond donors (Lipinski definition) is 0. The third-order valence-electron chi connectivity index (χ3n) is 4.24. The van der Waals surface area contributed by atoms with Gasteiger partial charge in [0.1, 0.15) is 11.5 Å². The first kappa shape index (κ1) is 22.2. The van der Waals surface area contributed by atoms with Crippen LogP contribution in [0.25, 0.3) is 6.08 Å². The van der Waals surface area contributed by atoms with Gasteiger partial charge in [-0.1, -0.05) is 11.6 Å². The number of hydrogen-bond acceptors (Lipinski definition) is 6. The lowest BCUT2D eigenvalue weighted by Gasteiger charge is -2.12. The predicted molar refractivity (Wildman–Crippen MR) is 119 cm³/mol. The summed E-state index contributed by atoms with van der Waals surface area (Å²) in [6.07, 6.45) is 1.64. The summed E-state index contributed by atoms with van der Waals surface area (Å²) in [4.78, 5) is 14.5. The Balaban J connectivity index is 1.98. The molecule has 0 unspecified atom stereocenters. The van der Waals surface area contributed by atoms with Crippen LogP contribution in [0.3, 0.4) is 0 Å². The van der Waals surface area contributed by atoms with Crippen molar-refractivity contribution in [3.05, 3.63) is 58.0 Å². The monoisotopic (exact) mass is 466 g/mol. The highest BCUT2D eigenvalue weighted by molar-refractivity contribution is 8.19. The molecule has 1 saturated heterocycles. The van der Waals surface area contributed by atoms with E-state index in [1.54, 1.807) is 38.3 Å². The second kappa shape index (κ2) is 9.11. The first-order chi connectivity index (χ1) is 14.3. The Morgan fingerprint density at radius 3 is 2.43 bits per heavy atom. The summed E-state index contributed by atoms with van der Waals surface area (Å²) in [7, 11) is -0.933. The summed E-state index contributed by atoms with van der Waals surface area (Å²) < 4.78 is 39.8. The van der Waals surface area contributed by atoms with Crippen molar-refractivity contribution in [3.8, 4) is 11.5 Å². The minimum Gasteiger partial charge on any atom is -0.497 e. The van der Waals surface area contributed by atoms with E-state index in [2.05, 4.69) is 4.40 Å². The molecule has 0 aromatic heterocycles.